The van der Waals surface area contributed by atoms with Crippen molar-refractivity contribution < 1.29 is 9.85 Å². The zero-order valence-electron chi connectivity index (χ0n) is 12.2. The van der Waals surface area contributed by atoms with E-state index in [2.05, 4.69) is 0 Å². The molecule has 0 N–H and O–H groups in total. The van der Waals surface area contributed by atoms with Crippen LogP contribution < -0.4 is 6.54 Å². The first kappa shape index (κ1) is 18.0. The first-order valence-electron chi connectivity index (χ1n) is 6.44. The molecule has 0 heterocycles. The Labute approximate surface area is 143 Å². The van der Waals surface area contributed by atoms with Crippen molar-refractivity contribution in [3.05, 3.63) is 67.8 Å². The first-order chi connectivity index (χ1) is 10.6. The Morgan fingerprint density at radius 3 is 1.43 bits per heavy atom. The molecule has 6 nitrogen and oxygen atoms in total. The Morgan fingerprint density at radius 2 is 1.17 bits per heavy atom. The molecule has 0 saturated carbocycles. The van der Waals surface area contributed by atoms with Crippen molar-refractivity contribution in [2.24, 2.45) is 0 Å². The molecular formula is C14H12BiCl2N2O4. The van der Waals surface area contributed by atoms with Gasteiger partial charge >= 0.3 is 144 Å². The maximum absolute atomic E-state index is 10.8. The number of nitro groups is 2. The van der Waals surface area contributed by atoms with Crippen LogP contribution in [0.3, 0.4) is 0 Å². The number of rotatable bonds is 4. The molecule has 9 heteroatoms. The summed E-state index contributed by atoms with van der Waals surface area (Å²) >= 11 is -4.09. The van der Waals surface area contributed by atoms with Gasteiger partial charge in [0.15, 0.2) is 0 Å². The summed E-state index contributed by atoms with van der Waals surface area (Å²) in [4.78, 5) is 20.7. The van der Waals surface area contributed by atoms with Gasteiger partial charge in [-0.1, -0.05) is 0 Å². The minimum atomic E-state index is -4.09. The predicted molar refractivity (Wildman–Crippen MR) is 92.4 cm³/mol. The monoisotopic (exact) mass is 551 g/mol. The van der Waals surface area contributed by atoms with Crippen LogP contribution in [0.4, 0.5) is 11.4 Å². The van der Waals surface area contributed by atoms with Crippen LogP contribution in [-0.4, -0.2) is 27.7 Å². The van der Waals surface area contributed by atoms with Crippen LogP contribution in [0.5, 0.6) is 0 Å². The fourth-order valence-corrected chi connectivity index (χ4v) is 15.9. The predicted octanol–water partition coefficient (Wildman–Crippen LogP) is 3.15. The molecule has 0 aromatic heterocycles. The number of hydrogen-bond acceptors (Lipinski definition) is 4. The van der Waals surface area contributed by atoms with E-state index >= 15 is 0 Å². The van der Waals surface area contributed by atoms with E-state index in [1.54, 1.807) is 26.0 Å². The zero-order valence-corrected chi connectivity index (χ0v) is 17.2. The summed E-state index contributed by atoms with van der Waals surface area (Å²) in [7, 11) is 13.4. The van der Waals surface area contributed by atoms with Crippen LogP contribution in [-0.2, 0) is 0 Å². The summed E-state index contributed by atoms with van der Waals surface area (Å²) in [5, 5.41) is 21.7. The van der Waals surface area contributed by atoms with Crippen molar-refractivity contribution in [1.29, 1.82) is 0 Å². The van der Waals surface area contributed by atoms with E-state index in [0.29, 0.717) is 17.7 Å². The molecule has 2 aromatic carbocycles. The third kappa shape index (κ3) is 3.62. The van der Waals surface area contributed by atoms with Crippen molar-refractivity contribution in [2.75, 3.05) is 0 Å². The molecule has 0 amide bonds. The normalized spacial score (nSPS) is 11.3. The average molecular weight is 552 g/mol. The van der Waals surface area contributed by atoms with Crippen molar-refractivity contribution >= 4 is 52.8 Å². The topological polar surface area (TPSA) is 86.3 Å². The molecule has 0 spiro atoms. The van der Waals surface area contributed by atoms with E-state index in [9.17, 15) is 20.2 Å². The number of aryl methyl sites for hydroxylation is 2. The van der Waals surface area contributed by atoms with Gasteiger partial charge in [0.25, 0.3) is 0 Å². The summed E-state index contributed by atoms with van der Waals surface area (Å²) in [6.45, 7) is 3.45. The Balaban J connectivity index is 2.54. The van der Waals surface area contributed by atoms with Gasteiger partial charge in [-0.25, -0.2) is 0 Å². The fraction of sp³-hybridized carbons (Fsp3) is 0.143. The molecule has 0 fully saturated rings. The van der Waals surface area contributed by atoms with Gasteiger partial charge in [-0.05, 0) is 0 Å². The summed E-state index contributed by atoms with van der Waals surface area (Å²) in [6, 6.07) is 8.81. The second-order valence-electron chi connectivity index (χ2n) is 4.97. The maximum atomic E-state index is 10.8. The molecule has 0 saturated heterocycles. The summed E-state index contributed by atoms with van der Waals surface area (Å²) < 4.78 is 1.41. The minimum absolute atomic E-state index is 0.0250. The van der Waals surface area contributed by atoms with Crippen LogP contribution in [0.1, 0.15) is 11.1 Å². The second kappa shape index (κ2) is 6.67. The number of benzene rings is 2. The van der Waals surface area contributed by atoms with E-state index in [4.69, 9.17) is 17.0 Å². The van der Waals surface area contributed by atoms with Gasteiger partial charge < -0.3 is 0 Å². The fourth-order valence-electron chi connectivity index (χ4n) is 2.27. The molecule has 2 rings (SSSR count). The van der Waals surface area contributed by atoms with Crippen LogP contribution in [0.15, 0.2) is 36.4 Å². The van der Waals surface area contributed by atoms with Gasteiger partial charge in [-0.3, -0.25) is 0 Å². The number of hydrogen-bond donors (Lipinski definition) is 0. The third-order valence-corrected chi connectivity index (χ3v) is 18.4. The SMILES string of the molecule is Cc1cc([N+](=O)[O-])cc[c]1[Bi]([Cl])([Cl])[c]1ccc([N+](=O)[O-])cc1C. The molecule has 23 heavy (non-hydrogen) atoms. The van der Waals surface area contributed by atoms with E-state index in [0.717, 1.165) is 0 Å². The van der Waals surface area contributed by atoms with Crippen LogP contribution in [0, 0.1) is 34.1 Å². The number of halogens is 2. The Morgan fingerprint density at radius 1 is 0.826 bits per heavy atom. The van der Waals surface area contributed by atoms with Crippen molar-refractivity contribution in [1.82, 2.24) is 0 Å². The van der Waals surface area contributed by atoms with Gasteiger partial charge in [-0.2, -0.15) is 0 Å². The Hall–Kier alpha value is -1.30. The number of nitro benzene ring substituents is 2. The summed E-state index contributed by atoms with van der Waals surface area (Å²) in [6.07, 6.45) is 0. The molecule has 2 aromatic rings. The zero-order chi connectivity index (χ0) is 17.4. The number of nitrogens with zero attached hydrogens (tertiary/aromatic N) is 2. The van der Waals surface area contributed by atoms with Crippen LogP contribution in [0.2, 0.25) is 0 Å². The van der Waals surface area contributed by atoms with Crippen molar-refractivity contribution in [3.8, 4) is 0 Å². The van der Waals surface area contributed by atoms with Crippen LogP contribution >= 0.6 is 17.0 Å². The standard InChI is InChI=1S/2C7H6NO2.Bi.2ClH/c2*1-6-3-2-4-7(5-6)8(9)10;;;/h2*2,4-5H,1H3;;2*1H/q;;+2;;/p-2. The molecule has 0 unspecified atom stereocenters. The molecule has 0 aliphatic rings. The van der Waals surface area contributed by atoms with E-state index in [1.165, 1.54) is 24.3 Å². The average Bonchev–Trinajstić information content (AvgIpc) is 2.46. The van der Waals surface area contributed by atoms with Gasteiger partial charge in [0.2, 0.25) is 0 Å². The van der Waals surface area contributed by atoms with Gasteiger partial charge in [0.1, 0.15) is 0 Å². The molecule has 0 atom stereocenters. The number of non-ortho nitro benzene ring substituents is 2. The summed E-state index contributed by atoms with van der Waals surface area (Å²) in [5.74, 6) is 0. The Kier molecular flexibility index (Phi) is 5.24. The van der Waals surface area contributed by atoms with Gasteiger partial charge in [0.05, 0.1) is 0 Å². The Bertz CT molecular complexity index is 746. The van der Waals surface area contributed by atoms with Crippen LogP contribution in [0.25, 0.3) is 0 Å². The molecule has 1 radical (unpaired) electrons. The quantitative estimate of drug-likeness (QED) is 0.332. The molecule has 121 valence electrons. The van der Waals surface area contributed by atoms with Crippen molar-refractivity contribution in [2.45, 2.75) is 13.8 Å². The molecule has 0 bridgehead atoms. The van der Waals surface area contributed by atoms with E-state index in [1.807, 2.05) is 0 Å². The van der Waals surface area contributed by atoms with Gasteiger partial charge in [-0.15, -0.1) is 0 Å². The molecular weight excluding hydrogens is 540 g/mol. The molecule has 0 aliphatic carbocycles. The van der Waals surface area contributed by atoms with E-state index in [-0.39, 0.29) is 11.4 Å². The van der Waals surface area contributed by atoms with Crippen molar-refractivity contribution in [3.63, 3.8) is 0 Å². The molecule has 0 aliphatic heterocycles. The van der Waals surface area contributed by atoms with E-state index < -0.39 is 27.7 Å². The first-order valence-corrected chi connectivity index (χ1v) is 18.5. The van der Waals surface area contributed by atoms with Gasteiger partial charge in [0, 0.05) is 0 Å². The second-order valence-corrected chi connectivity index (χ2v) is 23.1. The summed E-state index contributed by atoms with van der Waals surface area (Å²) in [5.41, 5.74) is 1.26. The third-order valence-electron chi connectivity index (χ3n) is 3.39.